The fourth-order valence-corrected chi connectivity index (χ4v) is 3.00. The second kappa shape index (κ2) is 8.48. The van der Waals surface area contributed by atoms with Crippen LogP contribution in [0.5, 0.6) is 17.2 Å². The molecule has 1 aromatic rings. The Bertz CT molecular complexity index is 738. The molecular formula is C19H23NO7. The number of methoxy groups -OCH3 is 5. The summed E-state index contributed by atoms with van der Waals surface area (Å²) in [6.07, 6.45) is 3.21. The minimum atomic E-state index is -0.727. The van der Waals surface area contributed by atoms with Crippen LogP contribution in [-0.2, 0) is 19.1 Å². The molecule has 1 aliphatic rings. The smallest absolute Gasteiger partial charge is 0.336 e. The van der Waals surface area contributed by atoms with E-state index >= 15 is 0 Å². The molecule has 1 aliphatic heterocycles. The Morgan fingerprint density at radius 2 is 1.26 bits per heavy atom. The van der Waals surface area contributed by atoms with Crippen molar-refractivity contribution >= 4 is 11.9 Å². The molecule has 0 bridgehead atoms. The second-order valence-electron chi connectivity index (χ2n) is 5.71. The first-order valence-electron chi connectivity index (χ1n) is 8.03. The van der Waals surface area contributed by atoms with E-state index in [2.05, 4.69) is 0 Å². The van der Waals surface area contributed by atoms with Gasteiger partial charge in [0.05, 0.1) is 52.6 Å². The molecule has 0 saturated carbocycles. The molecule has 0 N–H and O–H groups in total. The van der Waals surface area contributed by atoms with Crippen molar-refractivity contribution in [3.8, 4) is 17.2 Å². The highest BCUT2D eigenvalue weighted by Gasteiger charge is 2.35. The average molecular weight is 377 g/mol. The van der Waals surface area contributed by atoms with Crippen molar-refractivity contribution in [3.05, 3.63) is 41.2 Å². The first kappa shape index (κ1) is 20.2. The largest absolute Gasteiger partial charge is 0.493 e. The Labute approximate surface area is 157 Å². The van der Waals surface area contributed by atoms with Crippen molar-refractivity contribution in [1.82, 2.24) is 4.90 Å². The monoisotopic (exact) mass is 377 g/mol. The average Bonchev–Trinajstić information content (AvgIpc) is 2.70. The van der Waals surface area contributed by atoms with E-state index in [1.54, 1.807) is 36.5 Å². The van der Waals surface area contributed by atoms with Gasteiger partial charge in [0, 0.05) is 19.4 Å². The number of nitrogens with zero attached hydrogens (tertiary/aromatic N) is 1. The maximum Gasteiger partial charge on any atom is 0.336 e. The molecule has 8 nitrogen and oxygen atoms in total. The molecule has 2 rings (SSSR count). The van der Waals surface area contributed by atoms with Crippen molar-refractivity contribution in [2.75, 3.05) is 42.6 Å². The van der Waals surface area contributed by atoms with Gasteiger partial charge in [-0.25, -0.2) is 9.59 Å². The third-order valence-corrected chi connectivity index (χ3v) is 4.17. The van der Waals surface area contributed by atoms with Gasteiger partial charge in [0.1, 0.15) is 0 Å². The van der Waals surface area contributed by atoms with Crippen LogP contribution in [0.25, 0.3) is 0 Å². The molecule has 1 heterocycles. The van der Waals surface area contributed by atoms with Crippen molar-refractivity contribution in [1.29, 1.82) is 0 Å². The first-order valence-corrected chi connectivity index (χ1v) is 8.03. The minimum Gasteiger partial charge on any atom is -0.493 e. The van der Waals surface area contributed by atoms with Gasteiger partial charge in [0.25, 0.3) is 0 Å². The number of ether oxygens (including phenoxy) is 5. The van der Waals surface area contributed by atoms with Gasteiger partial charge in [0.2, 0.25) is 5.75 Å². The highest BCUT2D eigenvalue weighted by atomic mass is 16.5. The first-order chi connectivity index (χ1) is 12.9. The summed E-state index contributed by atoms with van der Waals surface area (Å²) in [5.41, 5.74) is 1.14. The summed E-state index contributed by atoms with van der Waals surface area (Å²) in [5, 5.41) is 0. The van der Waals surface area contributed by atoms with Crippen LogP contribution in [0.3, 0.4) is 0 Å². The molecule has 8 heteroatoms. The lowest BCUT2D eigenvalue weighted by Gasteiger charge is -2.28. The summed E-state index contributed by atoms with van der Waals surface area (Å²) in [4.78, 5) is 26.4. The molecule has 0 spiro atoms. The molecule has 1 aromatic carbocycles. The summed E-state index contributed by atoms with van der Waals surface area (Å²) in [6, 6.07) is 3.37. The third kappa shape index (κ3) is 3.84. The van der Waals surface area contributed by atoms with Gasteiger partial charge in [-0.2, -0.15) is 0 Å². The summed E-state index contributed by atoms with van der Waals surface area (Å²) in [7, 11) is 8.75. The molecule has 0 atom stereocenters. The van der Waals surface area contributed by atoms with Gasteiger partial charge in [0.15, 0.2) is 11.5 Å². The van der Waals surface area contributed by atoms with Crippen LogP contribution in [0.15, 0.2) is 35.7 Å². The Morgan fingerprint density at radius 3 is 1.59 bits per heavy atom. The lowest BCUT2D eigenvalue weighted by molar-refractivity contribution is -0.137. The fourth-order valence-electron chi connectivity index (χ4n) is 3.00. The molecule has 0 unspecified atom stereocenters. The Kier molecular flexibility index (Phi) is 6.33. The second-order valence-corrected chi connectivity index (χ2v) is 5.71. The zero-order valence-electron chi connectivity index (χ0n) is 16.2. The maximum atomic E-state index is 12.4. The van der Waals surface area contributed by atoms with Gasteiger partial charge >= 0.3 is 11.9 Å². The van der Waals surface area contributed by atoms with E-state index in [0.29, 0.717) is 22.8 Å². The van der Waals surface area contributed by atoms with Crippen LogP contribution in [0.4, 0.5) is 0 Å². The highest BCUT2D eigenvalue weighted by Crippen LogP contribution is 2.44. The summed E-state index contributed by atoms with van der Waals surface area (Å²) >= 11 is 0. The van der Waals surface area contributed by atoms with Crippen molar-refractivity contribution in [2.24, 2.45) is 0 Å². The van der Waals surface area contributed by atoms with Gasteiger partial charge in [-0.05, 0) is 17.7 Å². The number of rotatable bonds is 6. The quantitative estimate of drug-likeness (QED) is 0.695. The number of carbonyl (C=O) groups is 2. The highest BCUT2D eigenvalue weighted by molar-refractivity contribution is 5.98. The zero-order chi connectivity index (χ0) is 20.1. The Balaban J connectivity index is 2.72. The van der Waals surface area contributed by atoms with Gasteiger partial charge in [-0.1, -0.05) is 0 Å². The third-order valence-electron chi connectivity index (χ3n) is 4.17. The summed E-state index contributed by atoms with van der Waals surface area (Å²) in [6.45, 7) is 0. The van der Waals surface area contributed by atoms with Gasteiger partial charge < -0.3 is 28.6 Å². The lowest BCUT2D eigenvalue weighted by Crippen LogP contribution is -2.27. The van der Waals surface area contributed by atoms with Crippen LogP contribution in [-0.4, -0.2) is 59.4 Å². The molecule has 27 heavy (non-hydrogen) atoms. The number of hydrogen-bond acceptors (Lipinski definition) is 8. The van der Waals surface area contributed by atoms with Crippen LogP contribution < -0.4 is 14.2 Å². The van der Waals surface area contributed by atoms with E-state index < -0.39 is 17.9 Å². The number of esters is 2. The van der Waals surface area contributed by atoms with Crippen molar-refractivity contribution < 1.29 is 33.3 Å². The van der Waals surface area contributed by atoms with Crippen LogP contribution in [0.1, 0.15) is 11.5 Å². The van der Waals surface area contributed by atoms with E-state index in [1.165, 1.54) is 35.5 Å². The Hall–Kier alpha value is -3.16. The molecule has 0 fully saturated rings. The molecule has 0 aromatic heterocycles. The van der Waals surface area contributed by atoms with Gasteiger partial charge in [-0.15, -0.1) is 0 Å². The van der Waals surface area contributed by atoms with Crippen molar-refractivity contribution in [3.63, 3.8) is 0 Å². The minimum absolute atomic E-state index is 0.275. The molecular weight excluding hydrogens is 354 g/mol. The Morgan fingerprint density at radius 1 is 0.815 bits per heavy atom. The van der Waals surface area contributed by atoms with E-state index in [4.69, 9.17) is 23.7 Å². The molecule has 146 valence electrons. The molecule has 0 amide bonds. The summed E-state index contributed by atoms with van der Waals surface area (Å²) < 4.78 is 25.9. The molecule has 0 saturated heterocycles. The van der Waals surface area contributed by atoms with Gasteiger partial charge in [-0.3, -0.25) is 0 Å². The fraction of sp³-hybridized carbons (Fsp3) is 0.368. The molecule has 0 radical (unpaired) electrons. The zero-order valence-corrected chi connectivity index (χ0v) is 16.2. The van der Waals surface area contributed by atoms with Crippen LogP contribution >= 0.6 is 0 Å². The predicted molar refractivity (Wildman–Crippen MR) is 96.8 cm³/mol. The molecule has 0 aliphatic carbocycles. The van der Waals surface area contributed by atoms with Crippen molar-refractivity contribution in [2.45, 2.75) is 5.92 Å². The standard InChI is InChI=1S/C19H23NO7/c1-20-9-12(18(21)26-5)16(13(10-20)19(22)27-6)11-7-14(23-2)17(25-4)15(8-11)24-3/h7-10,16H,1-6H3. The normalized spacial score (nSPS) is 14.1. The number of carbonyl (C=O) groups excluding carboxylic acids is 2. The van der Waals surface area contributed by atoms with E-state index in [0.717, 1.165) is 0 Å². The van der Waals surface area contributed by atoms with Crippen LogP contribution in [0.2, 0.25) is 0 Å². The van der Waals surface area contributed by atoms with Crippen LogP contribution in [0, 0.1) is 0 Å². The van der Waals surface area contributed by atoms with E-state index in [9.17, 15) is 9.59 Å². The number of benzene rings is 1. The lowest BCUT2D eigenvalue weighted by atomic mass is 9.83. The predicted octanol–water partition coefficient (Wildman–Crippen LogP) is 1.86. The number of hydrogen-bond donors (Lipinski definition) is 0. The topological polar surface area (TPSA) is 83.5 Å². The van der Waals surface area contributed by atoms with E-state index in [-0.39, 0.29) is 11.1 Å². The van der Waals surface area contributed by atoms with E-state index in [1.807, 2.05) is 0 Å². The summed E-state index contributed by atoms with van der Waals surface area (Å²) in [5.74, 6) is -0.637. The SMILES string of the molecule is COC(=O)C1=CN(C)C=C(C(=O)OC)C1c1cc(OC)c(OC)c(OC)c1. The maximum absolute atomic E-state index is 12.4.